The molecule has 1 heterocycles. The van der Waals surface area contributed by atoms with Crippen LogP contribution in [-0.2, 0) is 0 Å². The van der Waals surface area contributed by atoms with Crippen molar-refractivity contribution in [2.24, 2.45) is 11.7 Å². The number of aromatic nitrogens is 2. The monoisotopic (exact) mass is 341 g/mol. The van der Waals surface area contributed by atoms with E-state index in [-0.39, 0.29) is 6.04 Å². The standard InChI is InChI=1S/C14H17BrClN3/c1-3-8(2)13(17)14-18-7-12(19-14)10-5-4-9(15)6-11(10)16/h4-8,13H,3,17H2,1-2H3,(H,18,19). The largest absolute Gasteiger partial charge is 0.341 e. The van der Waals surface area contributed by atoms with E-state index in [1.165, 1.54) is 0 Å². The molecule has 2 rings (SSSR count). The fourth-order valence-electron chi connectivity index (χ4n) is 1.87. The third-order valence-corrected chi connectivity index (χ3v) is 4.20. The molecule has 0 radical (unpaired) electrons. The van der Waals surface area contributed by atoms with Crippen molar-refractivity contribution in [3.8, 4) is 11.3 Å². The van der Waals surface area contributed by atoms with Crippen molar-refractivity contribution >= 4 is 27.5 Å². The number of nitrogens with two attached hydrogens (primary N) is 1. The Bertz CT molecular complexity index is 568. The molecule has 1 aromatic carbocycles. The predicted octanol–water partition coefficient (Wildman–Crippen LogP) is 4.54. The van der Waals surface area contributed by atoms with Crippen LogP contribution in [0.1, 0.15) is 32.1 Å². The number of nitrogens with one attached hydrogen (secondary N) is 1. The summed E-state index contributed by atoms with van der Waals surface area (Å²) in [6, 6.07) is 5.70. The van der Waals surface area contributed by atoms with Gasteiger partial charge in [-0.2, -0.15) is 0 Å². The summed E-state index contributed by atoms with van der Waals surface area (Å²) in [5.41, 5.74) is 7.99. The minimum absolute atomic E-state index is 0.0760. The molecule has 0 aliphatic heterocycles. The van der Waals surface area contributed by atoms with Gasteiger partial charge in [0.1, 0.15) is 5.82 Å². The van der Waals surface area contributed by atoms with Crippen molar-refractivity contribution in [3.05, 3.63) is 39.7 Å². The van der Waals surface area contributed by atoms with Gasteiger partial charge < -0.3 is 10.7 Å². The van der Waals surface area contributed by atoms with E-state index in [0.29, 0.717) is 10.9 Å². The Morgan fingerprint density at radius 1 is 1.47 bits per heavy atom. The number of rotatable bonds is 4. The molecule has 1 aromatic heterocycles. The number of hydrogen-bond acceptors (Lipinski definition) is 2. The summed E-state index contributed by atoms with van der Waals surface area (Å²) >= 11 is 9.63. The van der Waals surface area contributed by atoms with Crippen molar-refractivity contribution in [1.82, 2.24) is 9.97 Å². The van der Waals surface area contributed by atoms with E-state index in [9.17, 15) is 0 Å². The van der Waals surface area contributed by atoms with Crippen molar-refractivity contribution < 1.29 is 0 Å². The van der Waals surface area contributed by atoms with Crippen molar-refractivity contribution in [3.63, 3.8) is 0 Å². The molecule has 3 nitrogen and oxygen atoms in total. The molecule has 0 spiro atoms. The van der Waals surface area contributed by atoms with E-state index < -0.39 is 0 Å². The van der Waals surface area contributed by atoms with E-state index in [2.05, 4.69) is 39.7 Å². The zero-order valence-electron chi connectivity index (χ0n) is 11.0. The second-order valence-corrected chi connectivity index (χ2v) is 6.04. The first-order valence-electron chi connectivity index (χ1n) is 6.28. The number of imidazole rings is 1. The van der Waals surface area contributed by atoms with Crippen LogP contribution in [0.15, 0.2) is 28.9 Å². The van der Waals surface area contributed by atoms with Crippen LogP contribution in [-0.4, -0.2) is 9.97 Å². The maximum atomic E-state index is 6.23. The maximum absolute atomic E-state index is 6.23. The average Bonchev–Trinajstić information content (AvgIpc) is 2.86. The van der Waals surface area contributed by atoms with Crippen LogP contribution in [0, 0.1) is 5.92 Å². The van der Waals surface area contributed by atoms with E-state index >= 15 is 0 Å². The summed E-state index contributed by atoms with van der Waals surface area (Å²) in [6.07, 6.45) is 2.81. The van der Waals surface area contributed by atoms with E-state index in [1.807, 2.05) is 18.2 Å². The van der Waals surface area contributed by atoms with E-state index in [4.69, 9.17) is 17.3 Å². The lowest BCUT2D eigenvalue weighted by atomic mass is 10.00. The Labute approximate surface area is 126 Å². The molecule has 0 aliphatic carbocycles. The highest BCUT2D eigenvalue weighted by molar-refractivity contribution is 9.10. The zero-order valence-corrected chi connectivity index (χ0v) is 13.3. The normalized spacial score (nSPS) is 14.4. The summed E-state index contributed by atoms with van der Waals surface area (Å²) in [7, 11) is 0. The molecule has 0 fully saturated rings. The Morgan fingerprint density at radius 3 is 2.84 bits per heavy atom. The van der Waals surface area contributed by atoms with Gasteiger partial charge in [-0.3, -0.25) is 0 Å². The van der Waals surface area contributed by atoms with E-state index in [0.717, 1.165) is 28.0 Å². The van der Waals surface area contributed by atoms with E-state index in [1.54, 1.807) is 6.20 Å². The van der Waals surface area contributed by atoms with Gasteiger partial charge in [0.05, 0.1) is 23.0 Å². The highest BCUT2D eigenvalue weighted by atomic mass is 79.9. The maximum Gasteiger partial charge on any atom is 0.123 e. The lowest BCUT2D eigenvalue weighted by Crippen LogP contribution is -2.19. The van der Waals surface area contributed by atoms with Gasteiger partial charge in [0.2, 0.25) is 0 Å². The third-order valence-electron chi connectivity index (χ3n) is 3.39. The quantitative estimate of drug-likeness (QED) is 0.857. The van der Waals surface area contributed by atoms with Gasteiger partial charge in [-0.1, -0.05) is 53.9 Å². The number of nitrogens with zero attached hydrogens (tertiary/aromatic N) is 1. The molecule has 0 bridgehead atoms. The molecule has 2 atom stereocenters. The molecule has 2 aromatic rings. The molecule has 0 saturated carbocycles. The highest BCUT2D eigenvalue weighted by Gasteiger charge is 2.17. The summed E-state index contributed by atoms with van der Waals surface area (Å²) in [5.74, 6) is 1.20. The second-order valence-electron chi connectivity index (χ2n) is 4.72. The smallest absolute Gasteiger partial charge is 0.123 e. The van der Waals surface area contributed by atoms with Crippen molar-refractivity contribution in [2.45, 2.75) is 26.3 Å². The van der Waals surface area contributed by atoms with Crippen LogP contribution in [0.4, 0.5) is 0 Å². The highest BCUT2D eigenvalue weighted by Crippen LogP contribution is 2.30. The van der Waals surface area contributed by atoms with Crippen LogP contribution >= 0.6 is 27.5 Å². The molecule has 102 valence electrons. The Balaban J connectivity index is 2.30. The Morgan fingerprint density at radius 2 is 2.21 bits per heavy atom. The molecule has 2 unspecified atom stereocenters. The number of halogens is 2. The van der Waals surface area contributed by atoms with Crippen LogP contribution in [0.5, 0.6) is 0 Å². The summed E-state index contributed by atoms with van der Waals surface area (Å²) in [5, 5.41) is 0.682. The first kappa shape index (κ1) is 14.6. The van der Waals surface area contributed by atoms with Crippen LogP contribution < -0.4 is 5.73 Å². The molecule has 0 amide bonds. The Kier molecular flexibility index (Phi) is 4.66. The van der Waals surface area contributed by atoms with Crippen molar-refractivity contribution in [2.75, 3.05) is 0 Å². The predicted molar refractivity (Wildman–Crippen MR) is 83.1 cm³/mol. The number of benzene rings is 1. The molecule has 0 aliphatic rings. The molecule has 0 saturated heterocycles. The summed E-state index contributed by atoms with van der Waals surface area (Å²) < 4.78 is 0.956. The zero-order chi connectivity index (χ0) is 14.0. The first-order valence-corrected chi connectivity index (χ1v) is 7.46. The van der Waals surface area contributed by atoms with Crippen molar-refractivity contribution in [1.29, 1.82) is 0 Å². The minimum Gasteiger partial charge on any atom is -0.341 e. The van der Waals surface area contributed by atoms with Gasteiger partial charge in [0.25, 0.3) is 0 Å². The van der Waals surface area contributed by atoms with Gasteiger partial charge in [-0.05, 0) is 18.1 Å². The topological polar surface area (TPSA) is 54.7 Å². The molecule has 3 N–H and O–H groups in total. The second kappa shape index (κ2) is 6.07. The van der Waals surface area contributed by atoms with Crippen LogP contribution in [0.3, 0.4) is 0 Å². The molecular weight excluding hydrogens is 326 g/mol. The fraction of sp³-hybridized carbons (Fsp3) is 0.357. The molecular formula is C14H17BrClN3. The van der Waals surface area contributed by atoms with Gasteiger partial charge in [0.15, 0.2) is 0 Å². The lowest BCUT2D eigenvalue weighted by Gasteiger charge is -2.15. The first-order chi connectivity index (χ1) is 9.02. The molecule has 19 heavy (non-hydrogen) atoms. The van der Waals surface area contributed by atoms with Gasteiger partial charge in [0, 0.05) is 10.0 Å². The average molecular weight is 343 g/mol. The van der Waals surface area contributed by atoms with Crippen LogP contribution in [0.25, 0.3) is 11.3 Å². The SMILES string of the molecule is CCC(C)C(N)c1ncc(-c2ccc(Br)cc2Cl)[nH]1. The number of H-pyrrole nitrogens is 1. The van der Waals surface area contributed by atoms with Gasteiger partial charge in [-0.25, -0.2) is 4.98 Å². The number of aromatic amines is 1. The fourth-order valence-corrected chi connectivity index (χ4v) is 2.65. The van der Waals surface area contributed by atoms with Gasteiger partial charge in [-0.15, -0.1) is 0 Å². The summed E-state index contributed by atoms with van der Waals surface area (Å²) in [4.78, 5) is 7.64. The summed E-state index contributed by atoms with van der Waals surface area (Å²) in [6.45, 7) is 4.25. The third kappa shape index (κ3) is 3.19. The lowest BCUT2D eigenvalue weighted by molar-refractivity contribution is 0.441. The van der Waals surface area contributed by atoms with Gasteiger partial charge >= 0.3 is 0 Å². The Hall–Kier alpha value is -0.840. The molecule has 5 heteroatoms. The number of hydrogen-bond donors (Lipinski definition) is 2. The minimum atomic E-state index is -0.0760. The van der Waals surface area contributed by atoms with Crippen LogP contribution in [0.2, 0.25) is 5.02 Å².